The number of halogens is 1. The molecule has 1 heterocycles. The molecule has 142 valence electrons. The molecular weight excluding hydrogens is 435 g/mol. The maximum absolute atomic E-state index is 5.96. The highest BCUT2D eigenvalue weighted by atomic mass is 127. The van der Waals surface area contributed by atoms with E-state index in [1.807, 2.05) is 18.2 Å². The van der Waals surface area contributed by atoms with Crippen LogP contribution in [0.1, 0.15) is 12.8 Å². The van der Waals surface area contributed by atoms with E-state index in [9.17, 15) is 0 Å². The summed E-state index contributed by atoms with van der Waals surface area (Å²) < 4.78 is 15.9. The molecule has 1 aromatic rings. The van der Waals surface area contributed by atoms with Crippen LogP contribution in [-0.2, 0) is 4.74 Å². The second-order valence-corrected chi connectivity index (χ2v) is 5.62. The first-order valence-corrected chi connectivity index (χ1v) is 8.32. The number of nitrogens with zero attached hydrogens (tertiary/aromatic N) is 2. The molecule has 0 atom stereocenters. The largest absolute Gasteiger partial charge is 0.497 e. The molecule has 0 aromatic heterocycles. The molecule has 3 N–H and O–H groups in total. The molecule has 1 aromatic carbocycles. The SMILES string of the molecule is COc1ccc(OC)c(NC(N)=NCCCCN2CCOCC2)c1.I. The predicted molar refractivity (Wildman–Crippen MR) is 112 cm³/mol. The van der Waals surface area contributed by atoms with E-state index in [4.69, 9.17) is 19.9 Å². The van der Waals surface area contributed by atoms with Gasteiger partial charge in [0.2, 0.25) is 0 Å². The van der Waals surface area contributed by atoms with Crippen LogP contribution in [0.15, 0.2) is 23.2 Å². The van der Waals surface area contributed by atoms with Gasteiger partial charge in [0, 0.05) is 25.7 Å². The third-order valence-corrected chi connectivity index (χ3v) is 3.94. The Kier molecular flexibility index (Phi) is 10.6. The zero-order valence-corrected chi connectivity index (χ0v) is 17.3. The van der Waals surface area contributed by atoms with Gasteiger partial charge < -0.3 is 25.3 Å². The van der Waals surface area contributed by atoms with Crippen LogP contribution in [0.4, 0.5) is 5.69 Å². The Bertz CT molecular complexity index is 537. The third-order valence-electron chi connectivity index (χ3n) is 3.94. The second kappa shape index (κ2) is 12.2. The Balaban J connectivity index is 0.00000312. The summed E-state index contributed by atoms with van der Waals surface area (Å²) in [5.41, 5.74) is 6.70. The zero-order valence-electron chi connectivity index (χ0n) is 15.0. The van der Waals surface area contributed by atoms with E-state index < -0.39 is 0 Å². The number of unbranched alkanes of at least 4 members (excludes halogenated alkanes) is 1. The number of morpholine rings is 1. The molecule has 1 fully saturated rings. The lowest BCUT2D eigenvalue weighted by Gasteiger charge is -2.26. The standard InChI is InChI=1S/C17H28N4O3.HI/c1-22-14-5-6-16(23-2)15(13-14)20-17(18)19-7-3-4-8-21-9-11-24-12-10-21;/h5-6,13H,3-4,7-12H2,1-2H3,(H3,18,19,20);1H. The summed E-state index contributed by atoms with van der Waals surface area (Å²) in [7, 11) is 3.24. The van der Waals surface area contributed by atoms with E-state index >= 15 is 0 Å². The molecular formula is C17H29IN4O3. The number of aliphatic imine (C=N–C) groups is 1. The number of ether oxygens (including phenoxy) is 3. The van der Waals surface area contributed by atoms with Gasteiger partial charge in [-0.1, -0.05) is 0 Å². The first-order chi connectivity index (χ1) is 11.7. The predicted octanol–water partition coefficient (Wildman–Crippen LogP) is 2.16. The monoisotopic (exact) mass is 464 g/mol. The quantitative estimate of drug-likeness (QED) is 0.266. The highest BCUT2D eigenvalue weighted by Crippen LogP contribution is 2.28. The lowest BCUT2D eigenvalue weighted by molar-refractivity contribution is 0.0373. The summed E-state index contributed by atoms with van der Waals surface area (Å²) in [5.74, 6) is 1.81. The third kappa shape index (κ3) is 7.66. The molecule has 0 radical (unpaired) electrons. The van der Waals surface area contributed by atoms with Gasteiger partial charge >= 0.3 is 0 Å². The van der Waals surface area contributed by atoms with Gasteiger partial charge in [0.05, 0.1) is 33.1 Å². The van der Waals surface area contributed by atoms with Crippen molar-refractivity contribution in [3.63, 3.8) is 0 Å². The van der Waals surface area contributed by atoms with Gasteiger partial charge in [-0.05, 0) is 31.5 Å². The number of nitrogens with one attached hydrogen (secondary N) is 1. The molecule has 7 nitrogen and oxygen atoms in total. The van der Waals surface area contributed by atoms with E-state index in [2.05, 4.69) is 15.2 Å². The van der Waals surface area contributed by atoms with E-state index in [0.717, 1.165) is 57.1 Å². The number of anilines is 1. The molecule has 25 heavy (non-hydrogen) atoms. The molecule has 0 unspecified atom stereocenters. The highest BCUT2D eigenvalue weighted by molar-refractivity contribution is 14.0. The van der Waals surface area contributed by atoms with E-state index in [1.165, 1.54) is 0 Å². The summed E-state index contributed by atoms with van der Waals surface area (Å²) in [6.45, 7) is 5.55. The molecule has 2 rings (SSSR count). The Labute approximate surface area is 166 Å². The summed E-state index contributed by atoms with van der Waals surface area (Å²) in [5, 5.41) is 3.07. The minimum absolute atomic E-state index is 0. The fraction of sp³-hybridized carbons (Fsp3) is 0.588. The Morgan fingerprint density at radius 2 is 2.00 bits per heavy atom. The molecule has 8 heteroatoms. The molecule has 0 saturated carbocycles. The van der Waals surface area contributed by atoms with Crippen molar-refractivity contribution < 1.29 is 14.2 Å². The van der Waals surface area contributed by atoms with Crippen molar-refractivity contribution in [1.82, 2.24) is 4.90 Å². The topological polar surface area (TPSA) is 81.3 Å². The molecule has 0 aliphatic carbocycles. The molecule has 0 bridgehead atoms. The summed E-state index contributed by atoms with van der Waals surface area (Å²) in [4.78, 5) is 6.80. The van der Waals surface area contributed by atoms with Crippen LogP contribution in [0.25, 0.3) is 0 Å². The van der Waals surface area contributed by atoms with Crippen molar-refractivity contribution in [2.45, 2.75) is 12.8 Å². The lowest BCUT2D eigenvalue weighted by atomic mass is 10.2. The van der Waals surface area contributed by atoms with Crippen LogP contribution in [0.5, 0.6) is 11.5 Å². The average Bonchev–Trinajstić information content (AvgIpc) is 2.62. The second-order valence-electron chi connectivity index (χ2n) is 5.62. The number of nitrogens with two attached hydrogens (primary N) is 1. The van der Waals surface area contributed by atoms with E-state index in [0.29, 0.717) is 18.3 Å². The molecule has 1 aliphatic rings. The van der Waals surface area contributed by atoms with Gasteiger partial charge in [-0.25, -0.2) is 0 Å². The number of benzene rings is 1. The van der Waals surface area contributed by atoms with E-state index in [1.54, 1.807) is 14.2 Å². The first-order valence-electron chi connectivity index (χ1n) is 8.32. The smallest absolute Gasteiger partial charge is 0.193 e. The van der Waals surface area contributed by atoms with Gasteiger partial charge in [-0.3, -0.25) is 9.89 Å². The van der Waals surface area contributed by atoms with Crippen molar-refractivity contribution in [2.75, 3.05) is 58.9 Å². The summed E-state index contributed by atoms with van der Waals surface area (Å²) >= 11 is 0. The van der Waals surface area contributed by atoms with Crippen LogP contribution in [0.3, 0.4) is 0 Å². The Hall–Kier alpha value is -1.26. The molecule has 1 saturated heterocycles. The van der Waals surface area contributed by atoms with Crippen LogP contribution in [0, 0.1) is 0 Å². The van der Waals surface area contributed by atoms with Crippen LogP contribution in [-0.4, -0.2) is 64.5 Å². The zero-order chi connectivity index (χ0) is 17.2. The van der Waals surface area contributed by atoms with Gasteiger partial charge in [-0.2, -0.15) is 0 Å². The molecule has 1 aliphatic heterocycles. The number of hydrogen-bond donors (Lipinski definition) is 2. The van der Waals surface area contributed by atoms with Crippen molar-refractivity contribution >= 4 is 35.6 Å². The van der Waals surface area contributed by atoms with Crippen LogP contribution < -0.4 is 20.5 Å². The van der Waals surface area contributed by atoms with Crippen LogP contribution >= 0.6 is 24.0 Å². The fourth-order valence-electron chi connectivity index (χ4n) is 2.56. The maximum atomic E-state index is 5.96. The van der Waals surface area contributed by atoms with Crippen LogP contribution in [0.2, 0.25) is 0 Å². The summed E-state index contributed by atoms with van der Waals surface area (Å²) in [6.07, 6.45) is 2.12. The summed E-state index contributed by atoms with van der Waals surface area (Å²) in [6, 6.07) is 5.50. The Morgan fingerprint density at radius 1 is 1.24 bits per heavy atom. The number of rotatable bonds is 8. The number of hydrogen-bond acceptors (Lipinski definition) is 5. The van der Waals surface area contributed by atoms with E-state index in [-0.39, 0.29) is 24.0 Å². The first kappa shape index (κ1) is 21.8. The molecule has 0 spiro atoms. The van der Waals surface area contributed by atoms with Gasteiger partial charge in [-0.15, -0.1) is 24.0 Å². The minimum Gasteiger partial charge on any atom is -0.497 e. The number of methoxy groups -OCH3 is 2. The normalized spacial score (nSPS) is 15.4. The van der Waals surface area contributed by atoms with Crippen molar-refractivity contribution in [1.29, 1.82) is 0 Å². The minimum atomic E-state index is 0. The Morgan fingerprint density at radius 3 is 2.68 bits per heavy atom. The number of guanidine groups is 1. The average molecular weight is 464 g/mol. The van der Waals surface area contributed by atoms with Gasteiger partial charge in [0.25, 0.3) is 0 Å². The van der Waals surface area contributed by atoms with Crippen molar-refractivity contribution in [2.24, 2.45) is 10.7 Å². The van der Waals surface area contributed by atoms with Crippen molar-refractivity contribution in [3.05, 3.63) is 18.2 Å². The van der Waals surface area contributed by atoms with Gasteiger partial charge in [0.1, 0.15) is 11.5 Å². The fourth-order valence-corrected chi connectivity index (χ4v) is 2.56. The lowest BCUT2D eigenvalue weighted by Crippen LogP contribution is -2.36. The molecule has 0 amide bonds. The van der Waals surface area contributed by atoms with Gasteiger partial charge in [0.15, 0.2) is 5.96 Å². The van der Waals surface area contributed by atoms with Crippen molar-refractivity contribution in [3.8, 4) is 11.5 Å². The highest BCUT2D eigenvalue weighted by Gasteiger charge is 2.09. The maximum Gasteiger partial charge on any atom is 0.193 e.